The number of H-pyrrole nitrogens is 1. The van der Waals surface area contributed by atoms with Crippen molar-refractivity contribution >= 4 is 18.1 Å². The maximum absolute atomic E-state index is 12.4. The normalized spacial score (nSPS) is 12.2. The molecule has 0 radical (unpaired) electrons. The number of methoxy groups -OCH3 is 1. The number of aromatic amines is 1. The predicted octanol–water partition coefficient (Wildman–Crippen LogP) is 2.54. The van der Waals surface area contributed by atoms with Crippen molar-refractivity contribution in [2.75, 3.05) is 7.11 Å². The smallest absolute Gasteiger partial charge is 0.225 e. The summed E-state index contributed by atoms with van der Waals surface area (Å²) in [5.41, 5.74) is 0.932. The summed E-state index contributed by atoms with van der Waals surface area (Å²) in [7, 11) is 3.46. The lowest BCUT2D eigenvalue weighted by molar-refractivity contribution is -0.121. The standard InChI is InChI=1S/C16H22N4O2S/c1-10(2)14(15-18-19-16(23)20(15)3)17-13(21)9-11-5-7-12(22-4)8-6-11/h5-8,10,14H,9H2,1-4H3,(H,17,21)(H,19,23)/t14-/m1/s1. The number of nitrogens with zero attached hydrogens (tertiary/aromatic N) is 2. The third-order valence-electron chi connectivity index (χ3n) is 3.70. The second kappa shape index (κ2) is 7.41. The topological polar surface area (TPSA) is 71.9 Å². The van der Waals surface area contributed by atoms with E-state index in [1.54, 1.807) is 11.7 Å². The zero-order valence-electron chi connectivity index (χ0n) is 13.8. The molecule has 0 bridgehead atoms. The van der Waals surface area contributed by atoms with Crippen molar-refractivity contribution in [3.8, 4) is 5.75 Å². The molecule has 0 aliphatic carbocycles. The van der Waals surface area contributed by atoms with E-state index in [0.717, 1.165) is 17.1 Å². The van der Waals surface area contributed by atoms with Gasteiger partial charge in [-0.15, -0.1) is 0 Å². The predicted molar refractivity (Wildman–Crippen MR) is 90.8 cm³/mol. The fourth-order valence-corrected chi connectivity index (χ4v) is 2.46. The molecule has 0 aliphatic heterocycles. The van der Waals surface area contributed by atoms with Crippen molar-refractivity contribution in [3.05, 3.63) is 40.4 Å². The Balaban J connectivity index is 2.09. The Bertz CT molecular complexity index is 718. The number of nitrogens with one attached hydrogen (secondary N) is 2. The minimum atomic E-state index is -0.196. The van der Waals surface area contributed by atoms with E-state index in [9.17, 15) is 4.79 Å². The Morgan fingerprint density at radius 1 is 1.39 bits per heavy atom. The number of ether oxygens (including phenoxy) is 1. The van der Waals surface area contributed by atoms with Crippen LogP contribution in [0.1, 0.15) is 31.3 Å². The second-order valence-electron chi connectivity index (χ2n) is 5.76. The lowest BCUT2D eigenvalue weighted by atomic mass is 10.0. The summed E-state index contributed by atoms with van der Waals surface area (Å²) in [6.45, 7) is 4.08. The minimum absolute atomic E-state index is 0.0530. The molecule has 1 atom stereocenters. The maximum atomic E-state index is 12.4. The number of carbonyl (C=O) groups excluding carboxylic acids is 1. The Morgan fingerprint density at radius 2 is 2.04 bits per heavy atom. The van der Waals surface area contributed by atoms with Crippen LogP contribution in [0.3, 0.4) is 0 Å². The molecule has 2 rings (SSSR count). The first kappa shape index (κ1) is 17.2. The van der Waals surface area contributed by atoms with E-state index in [0.29, 0.717) is 11.2 Å². The summed E-state index contributed by atoms with van der Waals surface area (Å²) in [4.78, 5) is 12.4. The first-order chi connectivity index (χ1) is 10.9. The van der Waals surface area contributed by atoms with Crippen LogP contribution in [0, 0.1) is 10.7 Å². The number of aromatic nitrogens is 3. The van der Waals surface area contributed by atoms with E-state index in [1.165, 1.54) is 0 Å². The first-order valence-electron chi connectivity index (χ1n) is 7.46. The average molecular weight is 334 g/mol. The Hall–Kier alpha value is -2.15. The summed E-state index contributed by atoms with van der Waals surface area (Å²) >= 11 is 5.14. The van der Waals surface area contributed by atoms with Gasteiger partial charge in [0.25, 0.3) is 0 Å². The first-order valence-corrected chi connectivity index (χ1v) is 7.86. The van der Waals surface area contributed by atoms with Gasteiger partial charge in [0, 0.05) is 7.05 Å². The zero-order valence-corrected chi connectivity index (χ0v) is 14.6. The molecule has 2 N–H and O–H groups in total. The van der Waals surface area contributed by atoms with Gasteiger partial charge >= 0.3 is 0 Å². The fourth-order valence-electron chi connectivity index (χ4n) is 2.32. The minimum Gasteiger partial charge on any atom is -0.497 e. The van der Waals surface area contributed by atoms with Crippen LogP contribution in [0.5, 0.6) is 5.75 Å². The average Bonchev–Trinajstić information content (AvgIpc) is 2.85. The maximum Gasteiger partial charge on any atom is 0.225 e. The molecular weight excluding hydrogens is 312 g/mol. The molecule has 7 heteroatoms. The van der Waals surface area contributed by atoms with Crippen LogP contribution >= 0.6 is 12.2 Å². The van der Waals surface area contributed by atoms with Crippen molar-refractivity contribution in [3.63, 3.8) is 0 Å². The van der Waals surface area contributed by atoms with E-state index in [1.807, 2.05) is 45.2 Å². The van der Waals surface area contributed by atoms with Crippen molar-refractivity contribution in [2.45, 2.75) is 26.3 Å². The van der Waals surface area contributed by atoms with Gasteiger partial charge in [0.1, 0.15) is 5.75 Å². The highest BCUT2D eigenvalue weighted by molar-refractivity contribution is 7.71. The molecule has 0 aliphatic rings. The highest BCUT2D eigenvalue weighted by Gasteiger charge is 2.23. The zero-order chi connectivity index (χ0) is 17.0. The lowest BCUT2D eigenvalue weighted by Gasteiger charge is -2.21. The third-order valence-corrected chi connectivity index (χ3v) is 4.06. The molecule has 23 heavy (non-hydrogen) atoms. The molecule has 0 saturated carbocycles. The second-order valence-corrected chi connectivity index (χ2v) is 6.15. The molecular formula is C16H22N4O2S. The Labute approximate surface area is 140 Å². The van der Waals surface area contributed by atoms with Crippen LogP contribution < -0.4 is 10.1 Å². The molecule has 124 valence electrons. The van der Waals surface area contributed by atoms with Gasteiger partial charge in [-0.05, 0) is 35.8 Å². The van der Waals surface area contributed by atoms with Crippen LogP contribution in [0.25, 0.3) is 0 Å². The van der Waals surface area contributed by atoms with Crippen molar-refractivity contribution < 1.29 is 9.53 Å². The molecule has 6 nitrogen and oxygen atoms in total. The SMILES string of the molecule is COc1ccc(CC(=O)N[C@@H](c2n[nH]c(=S)n2C)C(C)C)cc1. The summed E-state index contributed by atoms with van der Waals surface area (Å²) in [5, 5.41) is 10.0. The third kappa shape index (κ3) is 4.19. The van der Waals surface area contributed by atoms with Gasteiger partial charge in [-0.25, -0.2) is 0 Å². The molecule has 2 aromatic rings. The quantitative estimate of drug-likeness (QED) is 0.796. The highest BCUT2D eigenvalue weighted by atomic mass is 32.1. The van der Waals surface area contributed by atoms with Gasteiger partial charge < -0.3 is 14.6 Å². The van der Waals surface area contributed by atoms with Crippen LogP contribution in [0.15, 0.2) is 24.3 Å². The lowest BCUT2D eigenvalue weighted by Crippen LogP contribution is -2.34. The van der Waals surface area contributed by atoms with Crippen LogP contribution in [0.4, 0.5) is 0 Å². The number of benzene rings is 1. The van der Waals surface area contributed by atoms with Crippen LogP contribution in [0.2, 0.25) is 0 Å². The summed E-state index contributed by atoms with van der Waals surface area (Å²) in [6.07, 6.45) is 0.308. The molecule has 0 unspecified atom stereocenters. The van der Waals surface area contributed by atoms with Gasteiger partial charge in [-0.3, -0.25) is 9.89 Å². The van der Waals surface area contributed by atoms with Crippen molar-refractivity contribution in [1.82, 2.24) is 20.1 Å². The summed E-state index contributed by atoms with van der Waals surface area (Å²) < 4.78 is 7.44. The highest BCUT2D eigenvalue weighted by Crippen LogP contribution is 2.20. The Kier molecular flexibility index (Phi) is 5.54. The summed E-state index contributed by atoms with van der Waals surface area (Å²) in [5.74, 6) is 1.64. The number of amides is 1. The molecule has 1 amide bonds. The summed E-state index contributed by atoms with van der Waals surface area (Å²) in [6, 6.07) is 7.27. The van der Waals surface area contributed by atoms with E-state index >= 15 is 0 Å². The van der Waals surface area contributed by atoms with E-state index < -0.39 is 0 Å². The monoisotopic (exact) mass is 334 g/mol. The number of hydrogen-bond donors (Lipinski definition) is 2. The number of hydrogen-bond acceptors (Lipinski definition) is 4. The number of carbonyl (C=O) groups is 1. The Morgan fingerprint density at radius 3 is 2.52 bits per heavy atom. The van der Waals surface area contributed by atoms with Crippen LogP contribution in [-0.4, -0.2) is 27.8 Å². The van der Waals surface area contributed by atoms with E-state index in [4.69, 9.17) is 17.0 Å². The van der Waals surface area contributed by atoms with E-state index in [-0.39, 0.29) is 17.9 Å². The molecule has 1 aromatic heterocycles. The van der Waals surface area contributed by atoms with Crippen LogP contribution in [-0.2, 0) is 18.3 Å². The fraction of sp³-hybridized carbons (Fsp3) is 0.438. The van der Waals surface area contributed by atoms with Gasteiger partial charge in [-0.1, -0.05) is 26.0 Å². The van der Waals surface area contributed by atoms with Gasteiger partial charge in [0.15, 0.2) is 10.6 Å². The van der Waals surface area contributed by atoms with Gasteiger partial charge in [0.2, 0.25) is 5.91 Å². The van der Waals surface area contributed by atoms with E-state index in [2.05, 4.69) is 15.5 Å². The van der Waals surface area contributed by atoms with Crippen molar-refractivity contribution in [2.24, 2.45) is 13.0 Å². The van der Waals surface area contributed by atoms with Gasteiger partial charge in [-0.2, -0.15) is 5.10 Å². The largest absolute Gasteiger partial charge is 0.497 e. The van der Waals surface area contributed by atoms with Gasteiger partial charge in [0.05, 0.1) is 19.6 Å². The molecule has 0 spiro atoms. The molecule has 0 fully saturated rings. The molecule has 1 aromatic carbocycles. The molecule has 1 heterocycles. The number of rotatable bonds is 6. The molecule has 0 saturated heterocycles. The van der Waals surface area contributed by atoms with Crippen molar-refractivity contribution in [1.29, 1.82) is 0 Å².